The zero-order valence-corrected chi connectivity index (χ0v) is 12.4. The molecule has 0 aliphatic rings. The summed E-state index contributed by atoms with van der Waals surface area (Å²) in [7, 11) is 1.70. The highest BCUT2D eigenvalue weighted by Gasteiger charge is 2.09. The van der Waals surface area contributed by atoms with Crippen molar-refractivity contribution < 1.29 is 9.59 Å². The molecule has 0 bridgehead atoms. The maximum Gasteiger partial charge on any atom is 0.255 e. The predicted molar refractivity (Wildman–Crippen MR) is 84.7 cm³/mol. The molecule has 1 N–H and O–H groups in total. The first-order valence-electron chi connectivity index (χ1n) is 6.70. The largest absolute Gasteiger partial charge is 0.322 e. The molecule has 4 nitrogen and oxygen atoms in total. The van der Waals surface area contributed by atoms with E-state index in [4.69, 9.17) is 0 Å². The summed E-state index contributed by atoms with van der Waals surface area (Å²) in [5.74, 6) is -0.227. The van der Waals surface area contributed by atoms with Crippen LogP contribution in [0.4, 0.5) is 11.4 Å². The lowest BCUT2D eigenvalue weighted by molar-refractivity contribution is -0.116. The van der Waals surface area contributed by atoms with Gasteiger partial charge in [0.25, 0.3) is 5.91 Å². The summed E-state index contributed by atoms with van der Waals surface area (Å²) in [5, 5.41) is 2.83. The molecule has 0 saturated carbocycles. The van der Waals surface area contributed by atoms with Crippen molar-refractivity contribution in [1.29, 1.82) is 0 Å². The Kier molecular flexibility index (Phi) is 4.38. The van der Waals surface area contributed by atoms with Crippen molar-refractivity contribution >= 4 is 23.2 Å². The van der Waals surface area contributed by atoms with Crippen molar-refractivity contribution in [3.63, 3.8) is 0 Å². The first kappa shape index (κ1) is 14.8. The maximum absolute atomic E-state index is 12.1. The Balaban J connectivity index is 2.16. The van der Waals surface area contributed by atoms with Gasteiger partial charge >= 0.3 is 0 Å². The quantitative estimate of drug-likeness (QED) is 0.939. The zero-order chi connectivity index (χ0) is 15.4. The highest BCUT2D eigenvalue weighted by atomic mass is 16.2. The number of rotatable bonds is 3. The molecule has 0 aliphatic carbocycles. The second-order valence-electron chi connectivity index (χ2n) is 4.95. The fraction of sp³-hybridized carbons (Fsp3) is 0.176. The highest BCUT2D eigenvalue weighted by molar-refractivity contribution is 6.04. The summed E-state index contributed by atoms with van der Waals surface area (Å²) in [6.07, 6.45) is 0. The average Bonchev–Trinajstić information content (AvgIpc) is 2.47. The minimum absolute atomic E-state index is 0.0583. The number of hydrogen-bond donors (Lipinski definition) is 1. The average molecular weight is 282 g/mol. The van der Waals surface area contributed by atoms with E-state index in [9.17, 15) is 9.59 Å². The minimum atomic E-state index is -0.169. The number of amides is 2. The van der Waals surface area contributed by atoms with Crippen molar-refractivity contribution in [2.75, 3.05) is 17.3 Å². The first-order valence-corrected chi connectivity index (χ1v) is 6.70. The van der Waals surface area contributed by atoms with Crippen molar-refractivity contribution in [2.24, 2.45) is 0 Å². The fourth-order valence-corrected chi connectivity index (χ4v) is 1.88. The smallest absolute Gasteiger partial charge is 0.255 e. The summed E-state index contributed by atoms with van der Waals surface area (Å²) in [5.41, 5.74) is 3.11. The van der Waals surface area contributed by atoms with Crippen LogP contribution in [0.1, 0.15) is 22.8 Å². The lowest BCUT2D eigenvalue weighted by Gasteiger charge is -2.16. The highest BCUT2D eigenvalue weighted by Crippen LogP contribution is 2.19. The van der Waals surface area contributed by atoms with Gasteiger partial charge in [-0.1, -0.05) is 23.8 Å². The van der Waals surface area contributed by atoms with Gasteiger partial charge in [-0.05, 0) is 37.3 Å². The van der Waals surface area contributed by atoms with E-state index in [1.54, 1.807) is 37.4 Å². The molecule has 0 aromatic heterocycles. The molecule has 0 spiro atoms. The molecular formula is C17H18N2O2. The molecule has 0 saturated heterocycles. The van der Waals surface area contributed by atoms with Gasteiger partial charge in [-0.15, -0.1) is 0 Å². The minimum Gasteiger partial charge on any atom is -0.322 e. The van der Waals surface area contributed by atoms with E-state index in [-0.39, 0.29) is 11.8 Å². The standard InChI is InChI=1S/C17H18N2O2/c1-12-7-9-14(10-8-12)17(21)18-15-5-4-6-16(11-15)19(3)13(2)20/h4-11H,1-3H3,(H,18,21). The van der Waals surface area contributed by atoms with Gasteiger partial charge in [0.1, 0.15) is 0 Å². The number of benzene rings is 2. The van der Waals surface area contributed by atoms with Crippen LogP contribution in [0.3, 0.4) is 0 Å². The second-order valence-corrected chi connectivity index (χ2v) is 4.95. The van der Waals surface area contributed by atoms with Gasteiger partial charge in [0.05, 0.1) is 0 Å². The fourth-order valence-electron chi connectivity index (χ4n) is 1.88. The van der Waals surface area contributed by atoms with Crippen LogP contribution in [0.5, 0.6) is 0 Å². The van der Waals surface area contributed by atoms with Crippen LogP contribution >= 0.6 is 0 Å². The van der Waals surface area contributed by atoms with E-state index in [1.165, 1.54) is 11.8 Å². The van der Waals surface area contributed by atoms with Gasteiger partial charge in [-0.3, -0.25) is 9.59 Å². The number of nitrogens with one attached hydrogen (secondary N) is 1. The Labute approximate surface area is 124 Å². The number of aryl methyl sites for hydroxylation is 1. The second kappa shape index (κ2) is 6.22. The molecule has 21 heavy (non-hydrogen) atoms. The van der Waals surface area contributed by atoms with Gasteiger partial charge in [0, 0.05) is 30.9 Å². The van der Waals surface area contributed by atoms with Gasteiger partial charge in [-0.2, -0.15) is 0 Å². The summed E-state index contributed by atoms with van der Waals surface area (Å²) in [6, 6.07) is 14.6. The molecule has 2 aromatic rings. The van der Waals surface area contributed by atoms with E-state index in [0.717, 1.165) is 11.3 Å². The predicted octanol–water partition coefficient (Wildman–Crippen LogP) is 3.23. The number of nitrogens with zero attached hydrogens (tertiary/aromatic N) is 1. The van der Waals surface area contributed by atoms with Crippen LogP contribution < -0.4 is 10.2 Å². The molecule has 0 aliphatic heterocycles. The van der Waals surface area contributed by atoms with Crippen LogP contribution in [0.25, 0.3) is 0 Å². The topological polar surface area (TPSA) is 49.4 Å². The van der Waals surface area contributed by atoms with Gasteiger partial charge < -0.3 is 10.2 Å². The Hall–Kier alpha value is -2.62. The van der Waals surface area contributed by atoms with Crippen molar-refractivity contribution in [3.05, 3.63) is 59.7 Å². The van der Waals surface area contributed by atoms with Crippen molar-refractivity contribution in [1.82, 2.24) is 0 Å². The SMILES string of the molecule is CC(=O)N(C)c1cccc(NC(=O)c2ccc(C)cc2)c1. The number of hydrogen-bond acceptors (Lipinski definition) is 2. The number of carbonyl (C=O) groups is 2. The Morgan fingerprint density at radius 3 is 2.33 bits per heavy atom. The zero-order valence-electron chi connectivity index (χ0n) is 12.4. The molecule has 0 radical (unpaired) electrons. The van der Waals surface area contributed by atoms with Gasteiger partial charge in [0.15, 0.2) is 0 Å². The van der Waals surface area contributed by atoms with Crippen LogP contribution in [-0.2, 0) is 4.79 Å². The number of carbonyl (C=O) groups excluding carboxylic acids is 2. The van der Waals surface area contributed by atoms with Crippen molar-refractivity contribution in [2.45, 2.75) is 13.8 Å². The molecule has 0 fully saturated rings. The van der Waals surface area contributed by atoms with Crippen molar-refractivity contribution in [3.8, 4) is 0 Å². The molecule has 2 amide bonds. The van der Waals surface area contributed by atoms with E-state index < -0.39 is 0 Å². The summed E-state index contributed by atoms with van der Waals surface area (Å²) in [6.45, 7) is 3.47. The molecule has 2 aromatic carbocycles. The Morgan fingerprint density at radius 1 is 1.05 bits per heavy atom. The first-order chi connectivity index (χ1) is 9.97. The molecular weight excluding hydrogens is 264 g/mol. The maximum atomic E-state index is 12.1. The lowest BCUT2D eigenvalue weighted by Crippen LogP contribution is -2.23. The van der Waals surface area contributed by atoms with Crippen LogP contribution in [0, 0.1) is 6.92 Å². The van der Waals surface area contributed by atoms with E-state index in [2.05, 4.69) is 5.32 Å². The summed E-state index contributed by atoms with van der Waals surface area (Å²) in [4.78, 5) is 25.0. The van der Waals surface area contributed by atoms with E-state index in [0.29, 0.717) is 11.3 Å². The third kappa shape index (κ3) is 3.69. The van der Waals surface area contributed by atoms with Crippen LogP contribution in [0.15, 0.2) is 48.5 Å². The normalized spacial score (nSPS) is 10.0. The van der Waals surface area contributed by atoms with E-state index in [1.807, 2.05) is 25.1 Å². The van der Waals surface area contributed by atoms with E-state index >= 15 is 0 Å². The Morgan fingerprint density at radius 2 is 1.71 bits per heavy atom. The monoisotopic (exact) mass is 282 g/mol. The lowest BCUT2D eigenvalue weighted by atomic mass is 10.1. The molecule has 2 rings (SSSR count). The summed E-state index contributed by atoms with van der Waals surface area (Å²) >= 11 is 0. The van der Waals surface area contributed by atoms with Crippen LogP contribution in [0.2, 0.25) is 0 Å². The van der Waals surface area contributed by atoms with Crippen LogP contribution in [-0.4, -0.2) is 18.9 Å². The summed E-state index contributed by atoms with van der Waals surface area (Å²) < 4.78 is 0. The molecule has 0 atom stereocenters. The molecule has 4 heteroatoms. The molecule has 0 unspecified atom stereocenters. The number of anilines is 2. The third-order valence-corrected chi connectivity index (χ3v) is 3.28. The Bertz CT molecular complexity index is 663. The van der Waals surface area contributed by atoms with Gasteiger partial charge in [-0.25, -0.2) is 0 Å². The molecule has 108 valence electrons. The van der Waals surface area contributed by atoms with Gasteiger partial charge in [0.2, 0.25) is 5.91 Å². The third-order valence-electron chi connectivity index (χ3n) is 3.28. The molecule has 0 heterocycles.